The van der Waals surface area contributed by atoms with E-state index in [2.05, 4.69) is 5.32 Å². The lowest BCUT2D eigenvalue weighted by Crippen LogP contribution is -2.21. The van der Waals surface area contributed by atoms with E-state index in [-0.39, 0.29) is 18.9 Å². The molecule has 1 amide bonds. The van der Waals surface area contributed by atoms with Crippen LogP contribution in [0.15, 0.2) is 47.8 Å². The Morgan fingerprint density at radius 3 is 2.44 bits per heavy atom. The average Bonchev–Trinajstić information content (AvgIpc) is 3.18. The van der Waals surface area contributed by atoms with Gasteiger partial charge in [-0.2, -0.15) is 0 Å². The normalized spacial score (nSPS) is 10.5. The van der Waals surface area contributed by atoms with Crippen LogP contribution in [0.2, 0.25) is 0 Å². The number of thiophene rings is 1. The van der Waals surface area contributed by atoms with Crippen LogP contribution in [0.25, 0.3) is 11.1 Å². The molecule has 0 unspecified atom stereocenters. The molecule has 32 heavy (non-hydrogen) atoms. The highest BCUT2D eigenvalue weighted by Gasteiger charge is 2.23. The van der Waals surface area contributed by atoms with Gasteiger partial charge in [0.05, 0.1) is 11.5 Å². The first-order valence-electron chi connectivity index (χ1n) is 9.83. The summed E-state index contributed by atoms with van der Waals surface area (Å²) in [5.41, 5.74) is 3.99. The molecule has 0 aliphatic rings. The SMILES string of the molecule is CCOC(=O)c1c(-c2ccc(C)c(C)c2)csc1NC(=O)COc1ccc([N+](=O)[O-])cc1. The number of aryl methyl sites for hydroxylation is 2. The number of nitro benzene ring substituents is 1. The van der Waals surface area contributed by atoms with Crippen molar-refractivity contribution in [1.82, 2.24) is 0 Å². The van der Waals surface area contributed by atoms with Crippen molar-refractivity contribution in [3.8, 4) is 16.9 Å². The van der Waals surface area contributed by atoms with E-state index in [1.807, 2.05) is 37.4 Å². The van der Waals surface area contributed by atoms with Crippen LogP contribution in [0.4, 0.5) is 10.7 Å². The molecule has 166 valence electrons. The fourth-order valence-electron chi connectivity index (χ4n) is 2.95. The third-order valence-electron chi connectivity index (χ3n) is 4.76. The minimum absolute atomic E-state index is 0.0710. The van der Waals surface area contributed by atoms with E-state index in [9.17, 15) is 19.7 Å². The molecule has 9 heteroatoms. The molecule has 0 atom stereocenters. The van der Waals surface area contributed by atoms with Gasteiger partial charge in [-0.25, -0.2) is 4.79 Å². The maximum atomic E-state index is 12.7. The highest BCUT2D eigenvalue weighted by Crippen LogP contribution is 2.37. The van der Waals surface area contributed by atoms with Crippen LogP contribution >= 0.6 is 11.3 Å². The summed E-state index contributed by atoms with van der Waals surface area (Å²) in [6, 6.07) is 11.3. The predicted octanol–water partition coefficient (Wildman–Crippen LogP) is 5.13. The van der Waals surface area contributed by atoms with Gasteiger partial charge in [0, 0.05) is 23.1 Å². The summed E-state index contributed by atoms with van der Waals surface area (Å²) in [4.78, 5) is 35.3. The molecule has 3 aromatic rings. The van der Waals surface area contributed by atoms with E-state index in [4.69, 9.17) is 9.47 Å². The van der Waals surface area contributed by atoms with Gasteiger partial charge in [0.1, 0.15) is 16.3 Å². The van der Waals surface area contributed by atoms with Gasteiger partial charge < -0.3 is 14.8 Å². The van der Waals surface area contributed by atoms with Crippen molar-refractivity contribution in [2.45, 2.75) is 20.8 Å². The minimum atomic E-state index is -0.520. The Morgan fingerprint density at radius 1 is 1.09 bits per heavy atom. The zero-order valence-corrected chi connectivity index (χ0v) is 18.7. The number of nitro groups is 1. The van der Waals surface area contributed by atoms with Crippen molar-refractivity contribution in [2.75, 3.05) is 18.5 Å². The first-order chi connectivity index (χ1) is 15.3. The van der Waals surface area contributed by atoms with E-state index in [0.717, 1.165) is 16.7 Å². The number of amides is 1. The van der Waals surface area contributed by atoms with Gasteiger partial charge in [0.15, 0.2) is 6.61 Å². The third kappa shape index (κ3) is 5.30. The average molecular weight is 455 g/mol. The van der Waals surface area contributed by atoms with Crippen LogP contribution in [0, 0.1) is 24.0 Å². The highest BCUT2D eigenvalue weighted by molar-refractivity contribution is 7.15. The summed E-state index contributed by atoms with van der Waals surface area (Å²) in [7, 11) is 0. The lowest BCUT2D eigenvalue weighted by Gasteiger charge is -2.10. The second-order valence-electron chi connectivity index (χ2n) is 6.96. The summed E-state index contributed by atoms with van der Waals surface area (Å²) >= 11 is 1.23. The minimum Gasteiger partial charge on any atom is -0.484 e. The lowest BCUT2D eigenvalue weighted by atomic mass is 9.99. The largest absolute Gasteiger partial charge is 0.484 e. The Morgan fingerprint density at radius 2 is 1.81 bits per heavy atom. The summed E-state index contributed by atoms with van der Waals surface area (Å²) in [6.45, 7) is 5.61. The predicted molar refractivity (Wildman–Crippen MR) is 122 cm³/mol. The molecular formula is C23H22N2O6S. The van der Waals surface area contributed by atoms with Gasteiger partial charge in [0.2, 0.25) is 0 Å². The molecule has 0 aliphatic carbocycles. The number of non-ortho nitro benzene ring substituents is 1. The van der Waals surface area contributed by atoms with E-state index in [1.165, 1.54) is 35.6 Å². The van der Waals surface area contributed by atoms with Gasteiger partial charge in [-0.1, -0.05) is 18.2 Å². The van der Waals surface area contributed by atoms with Crippen LogP contribution in [0.5, 0.6) is 5.75 Å². The van der Waals surface area contributed by atoms with Crippen molar-refractivity contribution in [3.05, 3.63) is 74.6 Å². The molecule has 0 bridgehead atoms. The topological polar surface area (TPSA) is 108 Å². The van der Waals surface area contributed by atoms with Gasteiger partial charge in [-0.3, -0.25) is 14.9 Å². The van der Waals surface area contributed by atoms with Gasteiger partial charge in [-0.15, -0.1) is 11.3 Å². The molecule has 1 aromatic heterocycles. The van der Waals surface area contributed by atoms with Crippen molar-refractivity contribution < 1.29 is 24.0 Å². The maximum absolute atomic E-state index is 12.7. The standard InChI is InChI=1S/C23H22N2O6S/c1-4-30-23(27)21-19(16-6-5-14(2)15(3)11-16)13-32-22(21)24-20(26)12-31-18-9-7-17(8-10-18)25(28)29/h5-11,13H,4,12H2,1-3H3,(H,24,26). The Hall–Kier alpha value is -3.72. The second kappa shape index (κ2) is 10.1. The quantitative estimate of drug-likeness (QED) is 0.287. The summed E-state index contributed by atoms with van der Waals surface area (Å²) in [5, 5.41) is 15.6. The van der Waals surface area contributed by atoms with Crippen LogP contribution in [-0.4, -0.2) is 30.0 Å². The molecular weight excluding hydrogens is 432 g/mol. The number of benzene rings is 2. The van der Waals surface area contributed by atoms with Crippen LogP contribution < -0.4 is 10.1 Å². The fraction of sp³-hybridized carbons (Fsp3) is 0.217. The van der Waals surface area contributed by atoms with Crippen LogP contribution in [0.1, 0.15) is 28.4 Å². The maximum Gasteiger partial charge on any atom is 0.341 e. The number of hydrogen-bond acceptors (Lipinski definition) is 7. The van der Waals surface area contributed by atoms with E-state index in [0.29, 0.717) is 21.9 Å². The number of ether oxygens (including phenoxy) is 2. The first kappa shape index (κ1) is 23.0. The van der Waals surface area contributed by atoms with Crippen LogP contribution in [-0.2, 0) is 9.53 Å². The first-order valence-corrected chi connectivity index (χ1v) is 10.7. The second-order valence-corrected chi connectivity index (χ2v) is 7.84. The number of nitrogens with zero attached hydrogens (tertiary/aromatic N) is 1. The van der Waals surface area contributed by atoms with Crippen molar-refractivity contribution >= 4 is 33.9 Å². The Balaban J connectivity index is 1.78. The number of carbonyl (C=O) groups is 2. The lowest BCUT2D eigenvalue weighted by molar-refractivity contribution is -0.384. The Kier molecular flexibility index (Phi) is 7.21. The fourth-order valence-corrected chi connectivity index (χ4v) is 3.93. The molecule has 0 fully saturated rings. The van der Waals surface area contributed by atoms with Gasteiger partial charge >= 0.3 is 5.97 Å². The Labute approximate surface area is 188 Å². The molecule has 8 nitrogen and oxygen atoms in total. The number of esters is 1. The molecule has 3 rings (SSSR count). The highest BCUT2D eigenvalue weighted by atomic mass is 32.1. The third-order valence-corrected chi connectivity index (χ3v) is 5.65. The molecule has 0 saturated carbocycles. The van der Waals surface area contributed by atoms with E-state index < -0.39 is 16.8 Å². The molecule has 0 spiro atoms. The zero-order chi connectivity index (χ0) is 23.3. The summed E-state index contributed by atoms with van der Waals surface area (Å²) < 4.78 is 10.6. The number of hydrogen-bond donors (Lipinski definition) is 1. The Bertz CT molecular complexity index is 1150. The number of rotatable bonds is 8. The van der Waals surface area contributed by atoms with Crippen molar-refractivity contribution in [1.29, 1.82) is 0 Å². The van der Waals surface area contributed by atoms with Crippen LogP contribution in [0.3, 0.4) is 0 Å². The van der Waals surface area contributed by atoms with Gasteiger partial charge in [0.25, 0.3) is 11.6 Å². The van der Waals surface area contributed by atoms with E-state index >= 15 is 0 Å². The number of nitrogens with one attached hydrogen (secondary N) is 1. The number of anilines is 1. The molecule has 1 N–H and O–H groups in total. The van der Waals surface area contributed by atoms with Crippen molar-refractivity contribution in [2.24, 2.45) is 0 Å². The molecule has 0 radical (unpaired) electrons. The molecule has 0 saturated heterocycles. The van der Waals surface area contributed by atoms with E-state index in [1.54, 1.807) is 6.92 Å². The summed E-state index contributed by atoms with van der Waals surface area (Å²) in [6.07, 6.45) is 0. The molecule has 0 aliphatic heterocycles. The molecule has 1 heterocycles. The zero-order valence-electron chi connectivity index (χ0n) is 17.8. The smallest absolute Gasteiger partial charge is 0.341 e. The van der Waals surface area contributed by atoms with Crippen molar-refractivity contribution in [3.63, 3.8) is 0 Å². The summed E-state index contributed by atoms with van der Waals surface area (Å²) in [5.74, 6) is -0.672. The van der Waals surface area contributed by atoms with Gasteiger partial charge in [-0.05, 0) is 49.6 Å². The number of carbonyl (C=O) groups excluding carboxylic acids is 2. The monoisotopic (exact) mass is 454 g/mol. The molecule has 2 aromatic carbocycles.